The fraction of sp³-hybridized carbons (Fsp3) is 0.462. The molecule has 5 heteroatoms. The average Bonchev–Trinajstić information content (AvgIpc) is 2.89. The van der Waals surface area contributed by atoms with E-state index in [0.717, 1.165) is 25.1 Å². The molecule has 100 valence electrons. The summed E-state index contributed by atoms with van der Waals surface area (Å²) in [5, 5.41) is 6.03. The van der Waals surface area contributed by atoms with Crippen LogP contribution in [0.2, 0.25) is 0 Å². The molecule has 1 aliphatic heterocycles. The number of hydrogen-bond acceptors (Lipinski definition) is 3. The van der Waals surface area contributed by atoms with Gasteiger partial charge >= 0.3 is 0 Å². The molecule has 1 amide bonds. The summed E-state index contributed by atoms with van der Waals surface area (Å²) in [6.07, 6.45) is 2.02. The van der Waals surface area contributed by atoms with Gasteiger partial charge in [0.2, 0.25) is 5.91 Å². The molecule has 0 aliphatic carbocycles. The molecule has 1 aliphatic rings. The number of carbonyl (C=O) groups excluding carboxylic acids is 1. The van der Waals surface area contributed by atoms with Gasteiger partial charge in [0.1, 0.15) is 12.4 Å². The molecule has 2 N–H and O–H groups in total. The first-order valence-electron chi connectivity index (χ1n) is 6.05. The summed E-state index contributed by atoms with van der Waals surface area (Å²) < 4.78 is 5.48. The van der Waals surface area contributed by atoms with E-state index < -0.39 is 0 Å². The first-order chi connectivity index (χ1) is 8.36. The Hall–Kier alpha value is -1.26. The second-order valence-electron chi connectivity index (χ2n) is 4.10. The Labute approximate surface area is 114 Å². The SMILES string of the molecule is Cl.O=C(NCCOc1ccccc1)[C@@H]1CCCN1. The van der Waals surface area contributed by atoms with Crippen LogP contribution in [-0.4, -0.2) is 31.6 Å². The summed E-state index contributed by atoms with van der Waals surface area (Å²) >= 11 is 0. The number of ether oxygens (including phenoxy) is 1. The van der Waals surface area contributed by atoms with Crippen LogP contribution in [0.15, 0.2) is 30.3 Å². The third-order valence-electron chi connectivity index (χ3n) is 2.79. The van der Waals surface area contributed by atoms with E-state index in [1.807, 2.05) is 30.3 Å². The number of halogens is 1. The molecule has 0 aromatic heterocycles. The van der Waals surface area contributed by atoms with E-state index >= 15 is 0 Å². The molecule has 2 rings (SSSR count). The minimum absolute atomic E-state index is 0. The van der Waals surface area contributed by atoms with Crippen molar-refractivity contribution in [2.45, 2.75) is 18.9 Å². The van der Waals surface area contributed by atoms with Gasteiger partial charge in [-0.25, -0.2) is 0 Å². The molecule has 1 aromatic rings. The summed E-state index contributed by atoms with van der Waals surface area (Å²) in [6.45, 7) is 1.99. The molecule has 1 aromatic carbocycles. The van der Waals surface area contributed by atoms with Gasteiger partial charge in [-0.3, -0.25) is 4.79 Å². The van der Waals surface area contributed by atoms with E-state index in [4.69, 9.17) is 4.74 Å². The number of nitrogens with one attached hydrogen (secondary N) is 2. The Morgan fingerprint density at radius 3 is 2.83 bits per heavy atom. The van der Waals surface area contributed by atoms with Gasteiger partial charge in [-0.2, -0.15) is 0 Å². The second kappa shape index (κ2) is 7.95. The number of para-hydroxylation sites is 1. The zero-order valence-corrected chi connectivity index (χ0v) is 11.0. The highest BCUT2D eigenvalue weighted by Crippen LogP contribution is 2.07. The van der Waals surface area contributed by atoms with E-state index in [9.17, 15) is 4.79 Å². The maximum atomic E-state index is 11.6. The van der Waals surface area contributed by atoms with Crippen LogP contribution in [0.1, 0.15) is 12.8 Å². The van der Waals surface area contributed by atoms with Crippen LogP contribution >= 0.6 is 12.4 Å². The molecule has 0 spiro atoms. The molecule has 0 unspecified atom stereocenters. The maximum Gasteiger partial charge on any atom is 0.237 e. The Bertz CT molecular complexity index is 353. The summed E-state index contributed by atoms with van der Waals surface area (Å²) in [6, 6.07) is 9.60. The Kier molecular flexibility index (Phi) is 6.54. The van der Waals surface area contributed by atoms with Gasteiger partial charge in [0.25, 0.3) is 0 Å². The maximum absolute atomic E-state index is 11.6. The van der Waals surface area contributed by atoms with Crippen molar-refractivity contribution in [2.24, 2.45) is 0 Å². The van der Waals surface area contributed by atoms with Crippen molar-refractivity contribution in [1.82, 2.24) is 10.6 Å². The highest BCUT2D eigenvalue weighted by molar-refractivity contribution is 5.85. The highest BCUT2D eigenvalue weighted by atomic mass is 35.5. The van der Waals surface area contributed by atoms with Gasteiger partial charge in [0.15, 0.2) is 0 Å². The molecular formula is C13H19ClN2O2. The molecule has 4 nitrogen and oxygen atoms in total. The molecule has 0 radical (unpaired) electrons. The van der Waals surface area contributed by atoms with Crippen LogP contribution < -0.4 is 15.4 Å². The van der Waals surface area contributed by atoms with Crippen LogP contribution in [-0.2, 0) is 4.79 Å². The van der Waals surface area contributed by atoms with Crippen molar-refractivity contribution in [3.63, 3.8) is 0 Å². The summed E-state index contributed by atoms with van der Waals surface area (Å²) in [5.74, 6) is 0.917. The zero-order valence-electron chi connectivity index (χ0n) is 10.2. The van der Waals surface area contributed by atoms with Crippen LogP contribution in [0, 0.1) is 0 Å². The third-order valence-corrected chi connectivity index (χ3v) is 2.79. The van der Waals surface area contributed by atoms with Gasteiger partial charge in [0, 0.05) is 0 Å². The lowest BCUT2D eigenvalue weighted by molar-refractivity contribution is -0.122. The zero-order chi connectivity index (χ0) is 11.9. The van der Waals surface area contributed by atoms with Gasteiger partial charge in [0.05, 0.1) is 12.6 Å². The number of amides is 1. The van der Waals surface area contributed by atoms with Crippen molar-refractivity contribution in [1.29, 1.82) is 0 Å². The Morgan fingerprint density at radius 2 is 2.17 bits per heavy atom. The number of rotatable bonds is 5. The summed E-state index contributed by atoms with van der Waals surface area (Å²) in [4.78, 5) is 11.6. The first-order valence-corrected chi connectivity index (χ1v) is 6.05. The molecule has 0 bridgehead atoms. The number of hydrogen-bond donors (Lipinski definition) is 2. The Balaban J connectivity index is 0.00000162. The smallest absolute Gasteiger partial charge is 0.237 e. The minimum Gasteiger partial charge on any atom is -0.492 e. The second-order valence-corrected chi connectivity index (χ2v) is 4.10. The summed E-state index contributed by atoms with van der Waals surface area (Å²) in [5.41, 5.74) is 0. The standard InChI is InChI=1S/C13H18N2O2.ClH/c16-13(12-7-4-8-14-12)15-9-10-17-11-5-2-1-3-6-11;/h1-3,5-6,12,14H,4,7-10H2,(H,15,16);1H/t12-;/m0./s1. The lowest BCUT2D eigenvalue weighted by atomic mass is 10.2. The van der Waals surface area contributed by atoms with E-state index in [-0.39, 0.29) is 24.4 Å². The van der Waals surface area contributed by atoms with Gasteiger partial charge in [-0.1, -0.05) is 18.2 Å². The predicted octanol–water partition coefficient (Wildman–Crippen LogP) is 1.36. The lowest BCUT2D eigenvalue weighted by Crippen LogP contribution is -2.41. The molecule has 0 saturated carbocycles. The van der Waals surface area contributed by atoms with Crippen LogP contribution in [0.25, 0.3) is 0 Å². The molecule has 18 heavy (non-hydrogen) atoms. The highest BCUT2D eigenvalue weighted by Gasteiger charge is 2.21. The normalized spacial score (nSPS) is 17.9. The van der Waals surface area contributed by atoms with Gasteiger partial charge < -0.3 is 15.4 Å². The number of benzene rings is 1. The molecule has 1 fully saturated rings. The van der Waals surface area contributed by atoms with E-state index in [1.165, 1.54) is 0 Å². The Morgan fingerprint density at radius 1 is 1.39 bits per heavy atom. The largest absolute Gasteiger partial charge is 0.492 e. The average molecular weight is 271 g/mol. The minimum atomic E-state index is -0.00766. The van der Waals surface area contributed by atoms with E-state index in [2.05, 4.69) is 10.6 Å². The topological polar surface area (TPSA) is 50.4 Å². The van der Waals surface area contributed by atoms with Crippen molar-refractivity contribution < 1.29 is 9.53 Å². The van der Waals surface area contributed by atoms with Crippen molar-refractivity contribution in [3.8, 4) is 5.75 Å². The summed E-state index contributed by atoms with van der Waals surface area (Å²) in [7, 11) is 0. The molecule has 1 heterocycles. The molecule has 1 saturated heterocycles. The van der Waals surface area contributed by atoms with E-state index in [1.54, 1.807) is 0 Å². The molecule has 1 atom stereocenters. The predicted molar refractivity (Wildman–Crippen MR) is 73.2 cm³/mol. The van der Waals surface area contributed by atoms with Crippen molar-refractivity contribution >= 4 is 18.3 Å². The fourth-order valence-corrected chi connectivity index (χ4v) is 1.89. The van der Waals surface area contributed by atoms with Crippen LogP contribution in [0.3, 0.4) is 0 Å². The van der Waals surface area contributed by atoms with Crippen molar-refractivity contribution in [3.05, 3.63) is 30.3 Å². The van der Waals surface area contributed by atoms with Crippen LogP contribution in [0.4, 0.5) is 0 Å². The van der Waals surface area contributed by atoms with Gasteiger partial charge in [-0.15, -0.1) is 12.4 Å². The molecular weight excluding hydrogens is 252 g/mol. The van der Waals surface area contributed by atoms with Crippen molar-refractivity contribution in [2.75, 3.05) is 19.7 Å². The monoisotopic (exact) mass is 270 g/mol. The van der Waals surface area contributed by atoms with Gasteiger partial charge in [-0.05, 0) is 31.5 Å². The van der Waals surface area contributed by atoms with E-state index in [0.29, 0.717) is 13.2 Å². The quantitative estimate of drug-likeness (QED) is 0.795. The first kappa shape index (κ1) is 14.8. The third kappa shape index (κ3) is 4.55. The fourth-order valence-electron chi connectivity index (χ4n) is 1.89. The van der Waals surface area contributed by atoms with Crippen LogP contribution in [0.5, 0.6) is 5.75 Å². The number of carbonyl (C=O) groups is 1. The lowest BCUT2D eigenvalue weighted by Gasteiger charge is -2.11.